The predicted octanol–water partition coefficient (Wildman–Crippen LogP) is 1.07. The monoisotopic (exact) mass is 258 g/mol. The number of para-hydroxylation sites is 1. The van der Waals surface area contributed by atoms with E-state index >= 15 is 0 Å². The van der Waals surface area contributed by atoms with E-state index in [4.69, 9.17) is 0 Å². The summed E-state index contributed by atoms with van der Waals surface area (Å²) in [6.45, 7) is 3.18. The molecule has 0 bridgehead atoms. The van der Waals surface area contributed by atoms with Gasteiger partial charge in [0.15, 0.2) is 0 Å². The third-order valence-corrected chi connectivity index (χ3v) is 3.47. The Labute approximate surface area is 112 Å². The van der Waals surface area contributed by atoms with Crippen LogP contribution in [0.15, 0.2) is 30.3 Å². The highest BCUT2D eigenvalue weighted by Gasteiger charge is 2.14. The van der Waals surface area contributed by atoms with Crippen LogP contribution < -0.4 is 10.6 Å². The van der Waals surface area contributed by atoms with Crippen molar-refractivity contribution >= 4 is 5.95 Å². The van der Waals surface area contributed by atoms with Crippen molar-refractivity contribution in [2.45, 2.75) is 12.8 Å². The van der Waals surface area contributed by atoms with Gasteiger partial charge in [-0.05, 0) is 54.4 Å². The van der Waals surface area contributed by atoms with Crippen LogP contribution in [0.1, 0.15) is 12.8 Å². The second kappa shape index (κ2) is 5.79. The van der Waals surface area contributed by atoms with Gasteiger partial charge in [-0.25, -0.2) is 0 Å². The van der Waals surface area contributed by atoms with E-state index < -0.39 is 0 Å². The fourth-order valence-corrected chi connectivity index (χ4v) is 2.39. The van der Waals surface area contributed by atoms with Crippen molar-refractivity contribution in [3.63, 3.8) is 0 Å². The normalized spacial score (nSPS) is 18.6. The second-order valence-corrected chi connectivity index (χ2v) is 4.82. The molecule has 0 aliphatic carbocycles. The largest absolute Gasteiger partial charge is 0.353 e. The Morgan fingerprint density at radius 2 is 2.21 bits per heavy atom. The van der Waals surface area contributed by atoms with Gasteiger partial charge in [0.2, 0.25) is 5.95 Å². The summed E-state index contributed by atoms with van der Waals surface area (Å²) in [6, 6.07) is 9.91. The Morgan fingerprint density at radius 1 is 1.32 bits per heavy atom. The molecule has 1 aromatic heterocycles. The van der Waals surface area contributed by atoms with Crippen molar-refractivity contribution in [1.82, 2.24) is 25.5 Å². The molecule has 2 aromatic rings. The predicted molar refractivity (Wildman–Crippen MR) is 73.2 cm³/mol. The minimum Gasteiger partial charge on any atom is -0.353 e. The first-order valence-corrected chi connectivity index (χ1v) is 6.72. The summed E-state index contributed by atoms with van der Waals surface area (Å²) >= 11 is 0. The molecule has 2 heterocycles. The second-order valence-electron chi connectivity index (χ2n) is 4.82. The van der Waals surface area contributed by atoms with E-state index in [-0.39, 0.29) is 0 Å². The summed E-state index contributed by atoms with van der Waals surface area (Å²) < 4.78 is 1.73. The average molecular weight is 258 g/mol. The number of anilines is 1. The number of nitrogens with one attached hydrogen (secondary N) is 2. The third kappa shape index (κ3) is 2.90. The van der Waals surface area contributed by atoms with Crippen molar-refractivity contribution in [2.24, 2.45) is 5.92 Å². The zero-order valence-electron chi connectivity index (χ0n) is 10.8. The number of benzene rings is 1. The Kier molecular flexibility index (Phi) is 3.69. The van der Waals surface area contributed by atoms with Crippen molar-refractivity contribution < 1.29 is 0 Å². The Hall–Kier alpha value is -1.95. The molecule has 0 radical (unpaired) electrons. The van der Waals surface area contributed by atoms with Gasteiger partial charge in [-0.1, -0.05) is 23.3 Å². The first-order valence-electron chi connectivity index (χ1n) is 6.72. The number of hydrogen-bond donors (Lipinski definition) is 2. The van der Waals surface area contributed by atoms with E-state index in [9.17, 15) is 0 Å². The van der Waals surface area contributed by atoms with Crippen LogP contribution in [-0.4, -0.2) is 39.8 Å². The molecule has 0 amide bonds. The van der Waals surface area contributed by atoms with E-state index in [0.29, 0.717) is 5.95 Å². The standard InChI is InChI=1S/C13H18N6/c1-2-4-12(5-3-1)19-13(16-17-18-19)15-9-7-11-6-8-14-10-11/h1-5,11,14H,6-10H2,(H,15,16,18). The quantitative estimate of drug-likeness (QED) is 0.840. The molecule has 2 N–H and O–H groups in total. The van der Waals surface area contributed by atoms with Crippen molar-refractivity contribution in [1.29, 1.82) is 0 Å². The number of nitrogens with zero attached hydrogens (tertiary/aromatic N) is 4. The van der Waals surface area contributed by atoms with Gasteiger partial charge in [0.1, 0.15) is 0 Å². The summed E-state index contributed by atoms with van der Waals surface area (Å²) in [5.74, 6) is 1.48. The van der Waals surface area contributed by atoms with Gasteiger partial charge in [-0.3, -0.25) is 0 Å². The molecule has 1 saturated heterocycles. The summed E-state index contributed by atoms with van der Waals surface area (Å²) in [4.78, 5) is 0. The zero-order valence-corrected chi connectivity index (χ0v) is 10.8. The molecule has 100 valence electrons. The van der Waals surface area contributed by atoms with Crippen LogP contribution in [0.3, 0.4) is 0 Å². The van der Waals surface area contributed by atoms with E-state index in [1.807, 2.05) is 30.3 Å². The maximum absolute atomic E-state index is 4.03. The summed E-state index contributed by atoms with van der Waals surface area (Å²) in [5.41, 5.74) is 0.970. The molecule has 3 rings (SSSR count). The molecule has 1 aromatic carbocycles. The maximum atomic E-state index is 4.03. The number of aromatic nitrogens is 4. The van der Waals surface area contributed by atoms with Crippen LogP contribution in [0, 0.1) is 5.92 Å². The molecule has 1 fully saturated rings. The molecule has 19 heavy (non-hydrogen) atoms. The Balaban J connectivity index is 1.61. The number of tetrazole rings is 1. The minimum absolute atomic E-state index is 0.706. The van der Waals surface area contributed by atoms with Gasteiger partial charge in [0, 0.05) is 6.54 Å². The molecule has 0 spiro atoms. The molecule has 6 nitrogen and oxygen atoms in total. The third-order valence-electron chi connectivity index (χ3n) is 3.47. The minimum atomic E-state index is 0.706. The summed E-state index contributed by atoms with van der Waals surface area (Å²) in [6.07, 6.45) is 2.42. The topological polar surface area (TPSA) is 67.7 Å². The maximum Gasteiger partial charge on any atom is 0.247 e. The SMILES string of the molecule is c1ccc(-n2nnnc2NCCC2CCNC2)cc1. The lowest BCUT2D eigenvalue weighted by atomic mass is 10.1. The van der Waals surface area contributed by atoms with E-state index in [1.165, 1.54) is 6.42 Å². The highest BCUT2D eigenvalue weighted by atomic mass is 15.6. The van der Waals surface area contributed by atoms with Gasteiger partial charge in [-0.15, -0.1) is 0 Å². The van der Waals surface area contributed by atoms with Crippen molar-refractivity contribution in [3.8, 4) is 5.69 Å². The fraction of sp³-hybridized carbons (Fsp3) is 0.462. The lowest BCUT2D eigenvalue weighted by Gasteiger charge is -2.10. The van der Waals surface area contributed by atoms with Crippen LogP contribution in [0.25, 0.3) is 5.69 Å². The van der Waals surface area contributed by atoms with Gasteiger partial charge in [0.05, 0.1) is 5.69 Å². The molecule has 1 aliphatic rings. The lowest BCUT2D eigenvalue weighted by Crippen LogP contribution is -2.14. The molecule has 6 heteroatoms. The van der Waals surface area contributed by atoms with Crippen LogP contribution in [0.2, 0.25) is 0 Å². The molecular formula is C13H18N6. The van der Waals surface area contributed by atoms with Gasteiger partial charge < -0.3 is 10.6 Å². The van der Waals surface area contributed by atoms with Crippen molar-refractivity contribution in [2.75, 3.05) is 25.0 Å². The molecule has 1 unspecified atom stereocenters. The highest BCUT2D eigenvalue weighted by molar-refractivity contribution is 5.38. The fourth-order valence-electron chi connectivity index (χ4n) is 2.39. The van der Waals surface area contributed by atoms with Gasteiger partial charge in [-0.2, -0.15) is 4.68 Å². The first kappa shape index (κ1) is 12.1. The summed E-state index contributed by atoms with van der Waals surface area (Å²) in [5, 5.41) is 18.5. The Bertz CT molecular complexity index is 503. The number of rotatable bonds is 5. The van der Waals surface area contributed by atoms with Crippen LogP contribution in [-0.2, 0) is 0 Å². The molecule has 1 atom stereocenters. The van der Waals surface area contributed by atoms with Crippen LogP contribution in [0.4, 0.5) is 5.95 Å². The van der Waals surface area contributed by atoms with E-state index in [0.717, 1.165) is 37.7 Å². The van der Waals surface area contributed by atoms with Gasteiger partial charge in [0.25, 0.3) is 0 Å². The summed E-state index contributed by atoms with van der Waals surface area (Å²) in [7, 11) is 0. The zero-order chi connectivity index (χ0) is 12.9. The smallest absolute Gasteiger partial charge is 0.247 e. The van der Waals surface area contributed by atoms with Gasteiger partial charge >= 0.3 is 0 Å². The van der Waals surface area contributed by atoms with E-state index in [2.05, 4.69) is 26.2 Å². The first-order chi connectivity index (χ1) is 9.43. The Morgan fingerprint density at radius 3 is 3.00 bits per heavy atom. The van der Waals surface area contributed by atoms with Crippen LogP contribution >= 0.6 is 0 Å². The van der Waals surface area contributed by atoms with E-state index in [1.54, 1.807) is 4.68 Å². The molecule has 0 saturated carbocycles. The molecule has 1 aliphatic heterocycles. The molecular weight excluding hydrogens is 240 g/mol. The number of hydrogen-bond acceptors (Lipinski definition) is 5. The van der Waals surface area contributed by atoms with Crippen molar-refractivity contribution in [3.05, 3.63) is 30.3 Å². The average Bonchev–Trinajstić information content (AvgIpc) is 3.11. The van der Waals surface area contributed by atoms with Crippen LogP contribution in [0.5, 0.6) is 0 Å². The highest BCUT2D eigenvalue weighted by Crippen LogP contribution is 2.14. The lowest BCUT2D eigenvalue weighted by molar-refractivity contribution is 0.548.